The third kappa shape index (κ3) is 4.43. The summed E-state index contributed by atoms with van der Waals surface area (Å²) in [7, 11) is 0. The summed E-state index contributed by atoms with van der Waals surface area (Å²) in [6.07, 6.45) is -0.753. The molecule has 0 saturated carbocycles. The van der Waals surface area contributed by atoms with Crippen LogP contribution in [-0.2, 0) is 12.3 Å². The third-order valence-corrected chi connectivity index (χ3v) is 4.98. The lowest BCUT2D eigenvalue weighted by atomic mass is 9.94. The van der Waals surface area contributed by atoms with Crippen LogP contribution in [0.1, 0.15) is 28.4 Å². The van der Waals surface area contributed by atoms with Crippen LogP contribution in [0.2, 0.25) is 5.02 Å². The molecule has 3 rings (SSSR count). The molecule has 1 amide bonds. The Labute approximate surface area is 166 Å². The van der Waals surface area contributed by atoms with Crippen molar-refractivity contribution in [2.75, 3.05) is 0 Å². The van der Waals surface area contributed by atoms with Gasteiger partial charge >= 0.3 is 6.09 Å². The van der Waals surface area contributed by atoms with Crippen LogP contribution >= 0.6 is 23.2 Å². The molecular weight excluding hydrogens is 387 g/mol. The minimum atomic E-state index is -1.13. The van der Waals surface area contributed by atoms with Gasteiger partial charge in [0.2, 0.25) is 0 Å². The maximum atomic E-state index is 11.4. The van der Waals surface area contributed by atoms with Gasteiger partial charge < -0.3 is 14.9 Å². The van der Waals surface area contributed by atoms with Crippen LogP contribution < -0.4 is 5.32 Å². The van der Waals surface area contributed by atoms with Crippen molar-refractivity contribution in [3.63, 3.8) is 0 Å². The molecule has 0 bridgehead atoms. The number of amides is 1. The molecule has 1 aromatic heterocycles. The lowest BCUT2D eigenvalue weighted by Crippen LogP contribution is -2.29. The number of aryl methyl sites for hydroxylation is 1. The summed E-state index contributed by atoms with van der Waals surface area (Å²) in [4.78, 5) is 11.4. The summed E-state index contributed by atoms with van der Waals surface area (Å²) in [5.41, 5.74) is 3.93. The molecular formula is C20H18Cl2N2O3. The minimum Gasteiger partial charge on any atom is -0.465 e. The molecule has 140 valence electrons. The highest BCUT2D eigenvalue weighted by molar-refractivity contribution is 6.31. The summed E-state index contributed by atoms with van der Waals surface area (Å²) >= 11 is 12.1. The highest BCUT2D eigenvalue weighted by Crippen LogP contribution is 2.34. The van der Waals surface area contributed by atoms with Gasteiger partial charge in [-0.15, -0.1) is 11.6 Å². The van der Waals surface area contributed by atoms with E-state index in [-0.39, 0.29) is 0 Å². The Morgan fingerprint density at radius 3 is 2.56 bits per heavy atom. The molecule has 5 nitrogen and oxygen atoms in total. The highest BCUT2D eigenvalue weighted by Gasteiger charge is 2.26. The fourth-order valence-corrected chi connectivity index (χ4v) is 3.39. The summed E-state index contributed by atoms with van der Waals surface area (Å²) < 4.78 is 5.54. The smallest absolute Gasteiger partial charge is 0.405 e. The number of aromatic nitrogens is 1. The summed E-state index contributed by atoms with van der Waals surface area (Å²) in [6.45, 7) is 1.79. The molecule has 0 aliphatic rings. The molecule has 2 aromatic carbocycles. The normalized spacial score (nSPS) is 12.0. The van der Waals surface area contributed by atoms with Crippen LogP contribution in [-0.4, -0.2) is 16.4 Å². The highest BCUT2D eigenvalue weighted by atomic mass is 35.5. The standard InChI is InChI=1S/C20H18Cl2N2O3/c1-12-18(19(27-24-12)14-8-6-13(11-21)7-9-14)17(23-20(25)26)10-15-4-2-3-5-16(15)22/h2-9,17,23H,10-11H2,1H3,(H,25,26)/t17-/m1/s1. The molecule has 2 N–H and O–H groups in total. The maximum absolute atomic E-state index is 11.4. The van der Waals surface area contributed by atoms with Crippen molar-refractivity contribution in [1.29, 1.82) is 0 Å². The number of carboxylic acid groups (broad SMARTS) is 1. The molecule has 0 saturated heterocycles. The first-order valence-corrected chi connectivity index (χ1v) is 9.25. The summed E-state index contributed by atoms with van der Waals surface area (Å²) in [6, 6.07) is 14.4. The maximum Gasteiger partial charge on any atom is 0.405 e. The Morgan fingerprint density at radius 2 is 1.93 bits per heavy atom. The van der Waals surface area contributed by atoms with E-state index in [4.69, 9.17) is 27.7 Å². The van der Waals surface area contributed by atoms with E-state index in [1.54, 1.807) is 13.0 Å². The molecule has 1 atom stereocenters. The fourth-order valence-electron chi connectivity index (χ4n) is 3.00. The van der Waals surface area contributed by atoms with Crippen molar-refractivity contribution >= 4 is 29.3 Å². The zero-order valence-electron chi connectivity index (χ0n) is 14.6. The lowest BCUT2D eigenvalue weighted by Gasteiger charge is -2.18. The molecule has 0 spiro atoms. The Balaban J connectivity index is 2.02. The molecule has 3 aromatic rings. The van der Waals surface area contributed by atoms with E-state index in [1.165, 1.54) is 0 Å². The molecule has 7 heteroatoms. The molecule has 0 fully saturated rings. The minimum absolute atomic E-state index is 0.376. The van der Waals surface area contributed by atoms with Gasteiger partial charge in [0.15, 0.2) is 5.76 Å². The molecule has 27 heavy (non-hydrogen) atoms. The van der Waals surface area contributed by atoms with Crippen LogP contribution in [0.3, 0.4) is 0 Å². The van der Waals surface area contributed by atoms with Gasteiger partial charge in [-0.2, -0.15) is 0 Å². The SMILES string of the molecule is Cc1noc(-c2ccc(CCl)cc2)c1[C@@H](Cc1ccccc1Cl)NC(=O)O. The number of rotatable bonds is 6. The molecule has 0 aliphatic carbocycles. The van der Waals surface area contributed by atoms with Gasteiger partial charge in [0.25, 0.3) is 0 Å². The van der Waals surface area contributed by atoms with E-state index in [0.717, 1.165) is 16.7 Å². The van der Waals surface area contributed by atoms with Gasteiger partial charge in [-0.1, -0.05) is 59.2 Å². The van der Waals surface area contributed by atoms with Crippen molar-refractivity contribution in [3.05, 3.63) is 75.9 Å². The summed E-state index contributed by atoms with van der Waals surface area (Å²) in [5.74, 6) is 0.942. The molecule has 1 heterocycles. The van der Waals surface area contributed by atoms with Crippen molar-refractivity contribution in [1.82, 2.24) is 10.5 Å². The van der Waals surface area contributed by atoms with Crippen LogP contribution in [0.15, 0.2) is 53.1 Å². The first kappa shape index (κ1) is 19.3. The number of hydrogen-bond acceptors (Lipinski definition) is 3. The van der Waals surface area contributed by atoms with E-state index in [9.17, 15) is 9.90 Å². The zero-order chi connectivity index (χ0) is 19.4. The Morgan fingerprint density at radius 1 is 1.22 bits per heavy atom. The second-order valence-electron chi connectivity index (χ2n) is 6.14. The van der Waals surface area contributed by atoms with Crippen molar-refractivity contribution in [2.24, 2.45) is 0 Å². The predicted octanol–water partition coefficient (Wildman–Crippen LogP) is 5.59. The molecule has 0 radical (unpaired) electrons. The van der Waals surface area contributed by atoms with E-state index < -0.39 is 12.1 Å². The van der Waals surface area contributed by atoms with Gasteiger partial charge in [0.05, 0.1) is 11.7 Å². The second-order valence-corrected chi connectivity index (χ2v) is 6.81. The fraction of sp³-hybridized carbons (Fsp3) is 0.200. The van der Waals surface area contributed by atoms with Gasteiger partial charge in [0.1, 0.15) is 0 Å². The van der Waals surface area contributed by atoms with Crippen LogP contribution in [0.25, 0.3) is 11.3 Å². The predicted molar refractivity (Wildman–Crippen MR) is 105 cm³/mol. The number of nitrogens with one attached hydrogen (secondary N) is 1. The monoisotopic (exact) mass is 404 g/mol. The topological polar surface area (TPSA) is 75.4 Å². The number of alkyl halides is 1. The van der Waals surface area contributed by atoms with E-state index in [0.29, 0.717) is 34.3 Å². The first-order valence-electron chi connectivity index (χ1n) is 8.34. The van der Waals surface area contributed by atoms with Crippen LogP contribution in [0.5, 0.6) is 0 Å². The molecule has 0 aliphatic heterocycles. The second kappa shape index (κ2) is 8.46. The average molecular weight is 405 g/mol. The van der Waals surface area contributed by atoms with Gasteiger partial charge in [-0.3, -0.25) is 0 Å². The Kier molecular flexibility index (Phi) is 6.04. The largest absolute Gasteiger partial charge is 0.465 e. The lowest BCUT2D eigenvalue weighted by molar-refractivity contribution is 0.190. The molecule has 0 unspecified atom stereocenters. The van der Waals surface area contributed by atoms with Crippen LogP contribution in [0, 0.1) is 6.92 Å². The first-order chi connectivity index (χ1) is 13.0. The van der Waals surface area contributed by atoms with Gasteiger partial charge in [0, 0.05) is 22.0 Å². The number of nitrogens with zero attached hydrogens (tertiary/aromatic N) is 1. The number of carbonyl (C=O) groups is 1. The Hall–Kier alpha value is -2.50. The van der Waals surface area contributed by atoms with E-state index in [2.05, 4.69) is 10.5 Å². The zero-order valence-corrected chi connectivity index (χ0v) is 16.1. The van der Waals surface area contributed by atoms with Gasteiger partial charge in [-0.05, 0) is 30.5 Å². The van der Waals surface area contributed by atoms with E-state index >= 15 is 0 Å². The Bertz CT molecular complexity index is 939. The van der Waals surface area contributed by atoms with Crippen molar-refractivity contribution < 1.29 is 14.4 Å². The average Bonchev–Trinajstić information content (AvgIpc) is 3.04. The summed E-state index contributed by atoms with van der Waals surface area (Å²) in [5, 5.41) is 16.6. The van der Waals surface area contributed by atoms with Crippen molar-refractivity contribution in [2.45, 2.75) is 25.3 Å². The quantitative estimate of drug-likeness (QED) is 0.524. The van der Waals surface area contributed by atoms with Gasteiger partial charge in [-0.25, -0.2) is 4.79 Å². The third-order valence-electron chi connectivity index (χ3n) is 4.31. The number of benzene rings is 2. The number of halogens is 2. The number of hydrogen-bond donors (Lipinski definition) is 2. The van der Waals surface area contributed by atoms with E-state index in [1.807, 2.05) is 42.5 Å². The van der Waals surface area contributed by atoms with Crippen LogP contribution in [0.4, 0.5) is 4.79 Å². The van der Waals surface area contributed by atoms with Crippen molar-refractivity contribution in [3.8, 4) is 11.3 Å².